The van der Waals surface area contributed by atoms with Gasteiger partial charge in [-0.1, -0.05) is 35.4 Å². The van der Waals surface area contributed by atoms with Crippen molar-refractivity contribution in [1.82, 2.24) is 4.98 Å². The van der Waals surface area contributed by atoms with E-state index in [0.29, 0.717) is 21.5 Å². The lowest BCUT2D eigenvalue weighted by Crippen LogP contribution is -2.22. The number of anilines is 2. The molecule has 0 fully saturated rings. The Labute approximate surface area is 182 Å². The van der Waals surface area contributed by atoms with E-state index in [1.165, 1.54) is 23.2 Å². The van der Waals surface area contributed by atoms with Gasteiger partial charge in [0, 0.05) is 22.9 Å². The third kappa shape index (κ3) is 4.17. The number of nitrogens with zero attached hydrogens (tertiary/aromatic N) is 3. The van der Waals surface area contributed by atoms with Crippen LogP contribution in [0.15, 0.2) is 64.6 Å². The Morgan fingerprint density at radius 3 is 2.73 bits per heavy atom. The van der Waals surface area contributed by atoms with E-state index in [1.54, 1.807) is 35.7 Å². The quantitative estimate of drug-likeness (QED) is 0.418. The minimum atomic E-state index is -0.542. The first-order chi connectivity index (χ1) is 14.4. The zero-order chi connectivity index (χ0) is 21.3. The molecule has 3 aromatic rings. The average Bonchev–Trinajstić information content (AvgIpc) is 3.29. The van der Waals surface area contributed by atoms with Gasteiger partial charge in [0.25, 0.3) is 0 Å². The van der Waals surface area contributed by atoms with Gasteiger partial charge in [-0.15, -0.1) is 11.3 Å². The van der Waals surface area contributed by atoms with Crippen LogP contribution in [-0.4, -0.2) is 22.8 Å². The number of halogens is 1. The Morgan fingerprint density at radius 2 is 2.00 bits per heavy atom. The summed E-state index contributed by atoms with van der Waals surface area (Å²) in [5.41, 5.74) is 3.04. The molecule has 150 valence electrons. The Balaban J connectivity index is 1.64. The summed E-state index contributed by atoms with van der Waals surface area (Å²) in [4.78, 5) is 34.7. The van der Waals surface area contributed by atoms with Gasteiger partial charge in [-0.05, 0) is 43.3 Å². The fourth-order valence-corrected chi connectivity index (χ4v) is 3.97. The predicted molar refractivity (Wildman–Crippen MR) is 118 cm³/mol. The van der Waals surface area contributed by atoms with Crippen LogP contribution in [0.4, 0.5) is 10.8 Å². The number of aromatic nitrogens is 1. The number of hydrogen-bond donors (Lipinski definition) is 0. The smallest absolute Gasteiger partial charge is 0.363 e. The number of rotatable bonds is 4. The molecule has 0 atom stereocenters. The maximum absolute atomic E-state index is 12.2. The summed E-state index contributed by atoms with van der Waals surface area (Å²) in [5, 5.41) is 2.73. The molecule has 1 aliphatic heterocycles. The van der Waals surface area contributed by atoms with Crippen LogP contribution in [0.25, 0.3) is 6.08 Å². The molecule has 0 radical (unpaired) electrons. The van der Waals surface area contributed by atoms with Gasteiger partial charge in [0.05, 0.1) is 11.4 Å². The Bertz CT molecular complexity index is 1220. The van der Waals surface area contributed by atoms with Crippen LogP contribution in [0, 0.1) is 6.92 Å². The SMILES string of the molecule is CC(=O)N(c1cccc(Cl)c1)c1nc(/C=C2\N=C(c3cccc(C)c3)OC2=O)cs1. The second-order valence-electron chi connectivity index (χ2n) is 6.59. The van der Waals surface area contributed by atoms with Gasteiger partial charge >= 0.3 is 5.97 Å². The monoisotopic (exact) mass is 437 g/mol. The average molecular weight is 438 g/mol. The number of amides is 1. The molecule has 0 spiro atoms. The van der Waals surface area contributed by atoms with Crippen molar-refractivity contribution < 1.29 is 14.3 Å². The van der Waals surface area contributed by atoms with Crippen LogP contribution >= 0.6 is 22.9 Å². The molecule has 30 heavy (non-hydrogen) atoms. The number of benzene rings is 2. The van der Waals surface area contributed by atoms with Crippen LogP contribution < -0.4 is 4.90 Å². The number of ether oxygens (including phenoxy) is 1. The van der Waals surface area contributed by atoms with Crippen LogP contribution in [0.1, 0.15) is 23.7 Å². The minimum absolute atomic E-state index is 0.153. The molecule has 6 nitrogen and oxygen atoms in total. The van der Waals surface area contributed by atoms with Crippen molar-refractivity contribution in [3.63, 3.8) is 0 Å². The second kappa shape index (κ2) is 8.22. The van der Waals surface area contributed by atoms with E-state index in [-0.39, 0.29) is 17.5 Å². The Hall–Kier alpha value is -3.29. The summed E-state index contributed by atoms with van der Waals surface area (Å²) >= 11 is 7.34. The molecular weight excluding hydrogens is 422 g/mol. The van der Waals surface area contributed by atoms with Crippen molar-refractivity contribution in [3.05, 3.63) is 81.5 Å². The van der Waals surface area contributed by atoms with Crippen LogP contribution in [0.3, 0.4) is 0 Å². The molecule has 0 bridgehead atoms. The van der Waals surface area contributed by atoms with Crippen LogP contribution in [0.5, 0.6) is 0 Å². The van der Waals surface area contributed by atoms with Gasteiger partial charge < -0.3 is 4.74 Å². The molecule has 0 unspecified atom stereocenters. The maximum atomic E-state index is 12.2. The van der Waals surface area contributed by atoms with Crippen LogP contribution in [-0.2, 0) is 14.3 Å². The Morgan fingerprint density at radius 1 is 1.20 bits per heavy atom. The fourth-order valence-electron chi connectivity index (χ4n) is 2.94. The van der Waals surface area contributed by atoms with Gasteiger partial charge in [0.1, 0.15) is 0 Å². The lowest BCUT2D eigenvalue weighted by Gasteiger charge is -2.18. The third-order valence-electron chi connectivity index (χ3n) is 4.25. The molecule has 1 amide bonds. The fraction of sp³-hybridized carbons (Fsp3) is 0.0909. The number of aliphatic imine (C=N–C) groups is 1. The van der Waals surface area contributed by atoms with E-state index < -0.39 is 5.97 Å². The van der Waals surface area contributed by atoms with E-state index in [2.05, 4.69) is 9.98 Å². The third-order valence-corrected chi connectivity index (χ3v) is 5.33. The van der Waals surface area contributed by atoms with Gasteiger partial charge in [0.15, 0.2) is 10.8 Å². The number of hydrogen-bond acceptors (Lipinski definition) is 6. The predicted octanol–water partition coefficient (Wildman–Crippen LogP) is 5.13. The summed E-state index contributed by atoms with van der Waals surface area (Å²) in [5.74, 6) is -0.486. The first-order valence-electron chi connectivity index (χ1n) is 9.02. The van der Waals surface area contributed by atoms with Gasteiger partial charge in [-0.2, -0.15) is 0 Å². The summed E-state index contributed by atoms with van der Waals surface area (Å²) in [6, 6.07) is 14.5. The molecule has 0 N–H and O–H groups in total. The Kier molecular flexibility index (Phi) is 5.48. The number of esters is 1. The first-order valence-corrected chi connectivity index (χ1v) is 10.3. The van der Waals surface area contributed by atoms with Crippen LogP contribution in [0.2, 0.25) is 5.02 Å². The highest BCUT2D eigenvalue weighted by molar-refractivity contribution is 7.14. The van der Waals surface area contributed by atoms with Gasteiger partial charge in [-0.3, -0.25) is 9.69 Å². The first kappa shape index (κ1) is 20.0. The molecule has 1 aromatic heterocycles. The molecule has 0 saturated carbocycles. The molecule has 0 aliphatic carbocycles. The van der Waals surface area contributed by atoms with Crippen molar-refractivity contribution >= 4 is 57.6 Å². The topological polar surface area (TPSA) is 71.9 Å². The van der Waals surface area contributed by atoms with Crippen molar-refractivity contribution in [1.29, 1.82) is 0 Å². The highest BCUT2D eigenvalue weighted by Crippen LogP contribution is 2.31. The molecule has 8 heteroatoms. The number of aryl methyl sites for hydroxylation is 1. The normalized spacial score (nSPS) is 14.6. The zero-order valence-corrected chi connectivity index (χ0v) is 17.7. The molecule has 0 saturated heterocycles. The highest BCUT2D eigenvalue weighted by Gasteiger charge is 2.25. The van der Waals surface area contributed by atoms with Gasteiger partial charge in [0.2, 0.25) is 11.8 Å². The molecule has 1 aliphatic rings. The van der Waals surface area contributed by atoms with Crippen molar-refractivity contribution in [2.75, 3.05) is 4.90 Å². The summed E-state index contributed by atoms with van der Waals surface area (Å²) < 4.78 is 5.30. The number of cyclic esters (lactones) is 1. The molecular formula is C22H16ClN3O3S. The summed E-state index contributed by atoms with van der Waals surface area (Å²) in [6.45, 7) is 3.41. The number of carbonyl (C=O) groups excluding carboxylic acids is 2. The minimum Gasteiger partial charge on any atom is -0.402 e. The van der Waals surface area contributed by atoms with Crippen molar-refractivity contribution in [2.45, 2.75) is 13.8 Å². The summed E-state index contributed by atoms with van der Waals surface area (Å²) in [6.07, 6.45) is 1.54. The van der Waals surface area contributed by atoms with E-state index >= 15 is 0 Å². The lowest BCUT2D eigenvalue weighted by atomic mass is 10.1. The van der Waals surface area contributed by atoms with E-state index in [1.807, 2.05) is 31.2 Å². The second-order valence-corrected chi connectivity index (χ2v) is 7.87. The van der Waals surface area contributed by atoms with E-state index in [9.17, 15) is 9.59 Å². The zero-order valence-electron chi connectivity index (χ0n) is 16.1. The summed E-state index contributed by atoms with van der Waals surface area (Å²) in [7, 11) is 0. The van der Waals surface area contributed by atoms with E-state index in [4.69, 9.17) is 16.3 Å². The van der Waals surface area contributed by atoms with E-state index in [0.717, 1.165) is 11.1 Å². The number of carbonyl (C=O) groups is 2. The molecule has 4 rings (SSSR count). The molecule has 2 aromatic carbocycles. The highest BCUT2D eigenvalue weighted by atomic mass is 35.5. The number of thiazole rings is 1. The molecule has 2 heterocycles. The lowest BCUT2D eigenvalue weighted by molar-refractivity contribution is -0.130. The van der Waals surface area contributed by atoms with Crippen molar-refractivity contribution in [3.8, 4) is 0 Å². The maximum Gasteiger partial charge on any atom is 0.363 e. The van der Waals surface area contributed by atoms with Gasteiger partial charge in [-0.25, -0.2) is 14.8 Å². The standard InChI is InChI=1S/C22H16ClN3O3S/c1-13-5-3-6-15(9-13)20-25-19(21(28)29-20)11-17-12-30-22(24-17)26(14(2)27)18-8-4-7-16(23)10-18/h3-12H,1-2H3/b19-11-. The van der Waals surface area contributed by atoms with Crippen molar-refractivity contribution in [2.24, 2.45) is 4.99 Å². The largest absolute Gasteiger partial charge is 0.402 e.